The largest absolute Gasteiger partial charge is 0.370 e. The number of rotatable bonds is 1. The van der Waals surface area contributed by atoms with Gasteiger partial charge in [0.1, 0.15) is 0 Å². The summed E-state index contributed by atoms with van der Waals surface area (Å²) in [7, 11) is 0. The summed E-state index contributed by atoms with van der Waals surface area (Å²) in [5.74, 6) is 0.838. The maximum absolute atomic E-state index is 6.28. The van der Waals surface area contributed by atoms with Crippen molar-refractivity contribution in [2.75, 3.05) is 6.54 Å². The highest BCUT2D eigenvalue weighted by Gasteiger charge is 2.52. The second-order valence-electron chi connectivity index (χ2n) is 7.76. The van der Waals surface area contributed by atoms with Crippen LogP contribution in [-0.4, -0.2) is 29.0 Å². The molecule has 0 radical (unpaired) electrons. The van der Waals surface area contributed by atoms with Gasteiger partial charge in [0.15, 0.2) is 5.96 Å². The summed E-state index contributed by atoms with van der Waals surface area (Å²) in [5.41, 5.74) is 7.01. The highest BCUT2D eigenvalue weighted by Crippen LogP contribution is 2.49. The molecule has 2 saturated carbocycles. The summed E-state index contributed by atoms with van der Waals surface area (Å²) in [6.07, 6.45) is 12.0. The molecule has 0 aromatic heterocycles. The fourth-order valence-electron chi connectivity index (χ4n) is 4.69. The van der Waals surface area contributed by atoms with Crippen molar-refractivity contribution in [2.24, 2.45) is 16.1 Å². The van der Waals surface area contributed by atoms with E-state index < -0.39 is 0 Å². The van der Waals surface area contributed by atoms with Crippen LogP contribution in [0.5, 0.6) is 0 Å². The minimum Gasteiger partial charge on any atom is -0.370 e. The first-order valence-corrected chi connectivity index (χ1v) is 8.12. The number of nitrogens with two attached hydrogens (primary N) is 1. The topological polar surface area (TPSA) is 41.6 Å². The average Bonchev–Trinajstić information content (AvgIpc) is 2.70. The van der Waals surface area contributed by atoms with Crippen molar-refractivity contribution in [3.63, 3.8) is 0 Å². The lowest BCUT2D eigenvalue weighted by atomic mass is 9.86. The van der Waals surface area contributed by atoms with E-state index >= 15 is 0 Å². The van der Waals surface area contributed by atoms with E-state index in [0.29, 0.717) is 11.5 Å². The van der Waals surface area contributed by atoms with Crippen LogP contribution in [0.2, 0.25) is 0 Å². The maximum Gasteiger partial charge on any atom is 0.192 e. The molecular formula is C16H29N3. The van der Waals surface area contributed by atoms with Crippen molar-refractivity contribution in [1.82, 2.24) is 4.90 Å². The first kappa shape index (κ1) is 13.3. The van der Waals surface area contributed by atoms with Gasteiger partial charge in [0.05, 0.1) is 12.1 Å². The van der Waals surface area contributed by atoms with Crippen LogP contribution >= 0.6 is 0 Å². The van der Waals surface area contributed by atoms with E-state index in [0.717, 1.165) is 12.5 Å². The summed E-state index contributed by atoms with van der Waals surface area (Å²) < 4.78 is 0. The van der Waals surface area contributed by atoms with E-state index in [1.807, 2.05) is 0 Å². The summed E-state index contributed by atoms with van der Waals surface area (Å²) >= 11 is 0. The molecule has 3 nitrogen and oxygen atoms in total. The summed E-state index contributed by atoms with van der Waals surface area (Å²) in [4.78, 5) is 7.21. The van der Waals surface area contributed by atoms with E-state index in [1.54, 1.807) is 0 Å². The highest BCUT2D eigenvalue weighted by molar-refractivity contribution is 5.81. The van der Waals surface area contributed by atoms with Crippen LogP contribution < -0.4 is 5.73 Å². The normalized spacial score (nSPS) is 35.7. The number of aliphatic imine (C=N–C) groups is 1. The first-order valence-electron chi connectivity index (χ1n) is 8.12. The second-order valence-corrected chi connectivity index (χ2v) is 7.76. The Labute approximate surface area is 117 Å². The van der Waals surface area contributed by atoms with Crippen molar-refractivity contribution in [3.05, 3.63) is 0 Å². The SMILES string of the molecule is CC1(C)CCC2(CN=C(N)N2C2CCCCCC2)C1. The summed E-state index contributed by atoms with van der Waals surface area (Å²) in [6.45, 7) is 5.75. The predicted octanol–water partition coefficient (Wildman–Crippen LogP) is 3.29. The predicted molar refractivity (Wildman–Crippen MR) is 80.2 cm³/mol. The Morgan fingerprint density at radius 3 is 2.37 bits per heavy atom. The molecule has 3 rings (SSSR count). The molecule has 2 fully saturated rings. The van der Waals surface area contributed by atoms with Crippen LogP contribution in [0, 0.1) is 5.41 Å². The smallest absolute Gasteiger partial charge is 0.192 e. The molecule has 108 valence electrons. The lowest BCUT2D eigenvalue weighted by Crippen LogP contribution is -2.55. The third-order valence-corrected chi connectivity index (χ3v) is 5.56. The van der Waals surface area contributed by atoms with E-state index in [1.165, 1.54) is 57.8 Å². The highest BCUT2D eigenvalue weighted by atomic mass is 15.4. The monoisotopic (exact) mass is 263 g/mol. The van der Waals surface area contributed by atoms with Crippen molar-refractivity contribution in [2.45, 2.75) is 83.2 Å². The molecule has 2 aliphatic carbocycles. The molecule has 1 aliphatic heterocycles. The Hall–Kier alpha value is -0.730. The van der Waals surface area contributed by atoms with E-state index in [-0.39, 0.29) is 5.54 Å². The molecule has 3 aliphatic rings. The molecule has 1 spiro atoms. The molecule has 1 unspecified atom stereocenters. The molecule has 2 N–H and O–H groups in total. The van der Waals surface area contributed by atoms with Crippen LogP contribution in [0.4, 0.5) is 0 Å². The van der Waals surface area contributed by atoms with Gasteiger partial charge in [0.25, 0.3) is 0 Å². The van der Waals surface area contributed by atoms with Crippen molar-refractivity contribution < 1.29 is 0 Å². The first-order chi connectivity index (χ1) is 9.03. The van der Waals surface area contributed by atoms with Gasteiger partial charge in [-0.15, -0.1) is 0 Å². The number of hydrogen-bond donors (Lipinski definition) is 1. The van der Waals surface area contributed by atoms with Crippen LogP contribution in [-0.2, 0) is 0 Å². The van der Waals surface area contributed by atoms with Gasteiger partial charge in [-0.25, -0.2) is 0 Å². The van der Waals surface area contributed by atoms with Gasteiger partial charge in [0.2, 0.25) is 0 Å². The lowest BCUT2D eigenvalue weighted by Gasteiger charge is -2.42. The zero-order valence-electron chi connectivity index (χ0n) is 12.6. The maximum atomic E-state index is 6.28. The standard InChI is InChI=1S/C16H29N3/c1-15(2)9-10-16(11-15)12-18-14(17)19(16)13-7-5-3-4-6-8-13/h13H,3-12H2,1-2H3,(H2,17,18). The van der Waals surface area contributed by atoms with Crippen molar-refractivity contribution in [1.29, 1.82) is 0 Å². The number of guanidine groups is 1. The van der Waals surface area contributed by atoms with Gasteiger partial charge in [-0.05, 0) is 37.5 Å². The molecule has 0 aromatic carbocycles. The van der Waals surface area contributed by atoms with Crippen molar-refractivity contribution >= 4 is 5.96 Å². The number of hydrogen-bond acceptors (Lipinski definition) is 3. The molecule has 0 aromatic rings. The van der Waals surface area contributed by atoms with Gasteiger partial charge in [0, 0.05) is 6.04 Å². The molecule has 1 atom stereocenters. The molecular weight excluding hydrogens is 234 g/mol. The third-order valence-electron chi connectivity index (χ3n) is 5.56. The minimum atomic E-state index is 0.266. The van der Waals surface area contributed by atoms with Gasteiger partial charge in [-0.1, -0.05) is 39.5 Å². The Morgan fingerprint density at radius 2 is 1.79 bits per heavy atom. The quantitative estimate of drug-likeness (QED) is 0.738. The zero-order chi connectivity index (χ0) is 13.5. The zero-order valence-corrected chi connectivity index (χ0v) is 12.6. The number of nitrogens with zero attached hydrogens (tertiary/aromatic N) is 2. The fourth-order valence-corrected chi connectivity index (χ4v) is 4.69. The van der Waals surface area contributed by atoms with Crippen LogP contribution in [0.25, 0.3) is 0 Å². The van der Waals surface area contributed by atoms with Gasteiger partial charge in [-0.3, -0.25) is 4.99 Å². The Kier molecular flexibility index (Phi) is 3.26. The molecule has 0 amide bonds. The van der Waals surface area contributed by atoms with Gasteiger partial charge in [-0.2, -0.15) is 0 Å². The average molecular weight is 263 g/mol. The Bertz CT molecular complexity index is 366. The van der Waals surface area contributed by atoms with E-state index in [4.69, 9.17) is 5.73 Å². The van der Waals surface area contributed by atoms with Crippen LogP contribution in [0.3, 0.4) is 0 Å². The summed E-state index contributed by atoms with van der Waals surface area (Å²) in [5, 5.41) is 0. The molecule has 0 bridgehead atoms. The molecule has 1 heterocycles. The lowest BCUT2D eigenvalue weighted by molar-refractivity contribution is 0.129. The van der Waals surface area contributed by atoms with Crippen LogP contribution in [0.1, 0.15) is 71.6 Å². The second kappa shape index (κ2) is 4.68. The van der Waals surface area contributed by atoms with E-state index in [9.17, 15) is 0 Å². The van der Waals surface area contributed by atoms with Crippen molar-refractivity contribution in [3.8, 4) is 0 Å². The molecule has 3 heteroatoms. The molecule has 19 heavy (non-hydrogen) atoms. The van der Waals surface area contributed by atoms with Gasteiger partial charge < -0.3 is 10.6 Å². The fraction of sp³-hybridized carbons (Fsp3) is 0.938. The molecule has 0 saturated heterocycles. The van der Waals surface area contributed by atoms with Crippen LogP contribution in [0.15, 0.2) is 4.99 Å². The Morgan fingerprint density at radius 1 is 1.11 bits per heavy atom. The minimum absolute atomic E-state index is 0.266. The Balaban J connectivity index is 1.82. The third kappa shape index (κ3) is 2.36. The van der Waals surface area contributed by atoms with E-state index in [2.05, 4.69) is 23.7 Å². The summed E-state index contributed by atoms with van der Waals surface area (Å²) in [6, 6.07) is 0.655. The van der Waals surface area contributed by atoms with Gasteiger partial charge >= 0.3 is 0 Å².